The molecule has 6 heteroatoms. The fraction of sp³-hybridized carbons (Fsp3) is 0.833. The fourth-order valence-corrected chi connectivity index (χ4v) is 10.5. The predicted molar refractivity (Wildman–Crippen MR) is 342 cm³/mol. The first-order chi connectivity index (χ1) is 38.5. The van der Waals surface area contributed by atoms with Crippen molar-refractivity contribution in [2.45, 2.75) is 373 Å². The Morgan fingerprint density at radius 1 is 0.359 bits per heavy atom. The standard InChI is InChI=1S/C72H133NO5/c1-3-5-7-9-11-13-14-15-16-17-33-37-40-43-46-50-54-58-62-66-72(77)78-67-63-59-55-51-47-44-41-38-35-32-30-28-26-24-22-20-18-19-21-23-25-27-29-31-34-36-39-42-45-49-53-57-61-65-71(76)73-69(68-74)70(75)64-60-56-52-48-12-10-8-6-4-2/h11,13,15-16,22,24,28,30,60,64,69-70,74-75H,3-10,12,14,17-21,23,25-27,29,31-59,61-63,65-68H2,1-2H3,(H,73,76)/b13-11-,16-15-,24-22-,30-28-,64-60+. The number of esters is 1. The normalized spacial score (nSPS) is 12.9. The lowest BCUT2D eigenvalue weighted by molar-refractivity contribution is -0.143. The zero-order chi connectivity index (χ0) is 56.4. The number of hydrogen-bond donors (Lipinski definition) is 3. The van der Waals surface area contributed by atoms with E-state index in [9.17, 15) is 19.8 Å². The predicted octanol–water partition coefficient (Wildman–Crippen LogP) is 22.3. The van der Waals surface area contributed by atoms with Gasteiger partial charge in [-0.25, -0.2) is 0 Å². The number of allylic oxidation sites excluding steroid dienone is 9. The topological polar surface area (TPSA) is 95.9 Å². The van der Waals surface area contributed by atoms with Gasteiger partial charge in [-0.1, -0.05) is 312 Å². The van der Waals surface area contributed by atoms with Crippen LogP contribution in [0.1, 0.15) is 361 Å². The highest BCUT2D eigenvalue weighted by molar-refractivity contribution is 5.76. The molecule has 0 aromatic rings. The van der Waals surface area contributed by atoms with Gasteiger partial charge in [0.1, 0.15) is 0 Å². The third-order valence-corrected chi connectivity index (χ3v) is 15.8. The van der Waals surface area contributed by atoms with Gasteiger partial charge in [-0.15, -0.1) is 0 Å². The van der Waals surface area contributed by atoms with Crippen molar-refractivity contribution in [2.24, 2.45) is 0 Å². The SMILES string of the molecule is CCCCC/C=C\C/C=C\CCCCCCCCCCCC(=O)OCCCCCCCCCCC/C=C\C/C=C\CCCCCCCCCCCCCCCCCCCC(=O)NC(CO)C(O)/C=C/CCCCCCCCC. The molecule has 0 saturated heterocycles. The first kappa shape index (κ1) is 75.6. The minimum absolute atomic E-state index is 0.00983. The van der Waals surface area contributed by atoms with E-state index in [4.69, 9.17) is 4.74 Å². The fourth-order valence-electron chi connectivity index (χ4n) is 10.5. The smallest absolute Gasteiger partial charge is 0.305 e. The highest BCUT2D eigenvalue weighted by atomic mass is 16.5. The molecule has 3 N–H and O–H groups in total. The van der Waals surface area contributed by atoms with Crippen LogP contribution in [-0.4, -0.2) is 47.4 Å². The molecule has 0 rings (SSSR count). The van der Waals surface area contributed by atoms with Gasteiger partial charge in [-0.3, -0.25) is 9.59 Å². The Kier molecular flexibility index (Phi) is 65.0. The van der Waals surface area contributed by atoms with E-state index in [1.54, 1.807) is 6.08 Å². The number of carbonyl (C=O) groups is 2. The van der Waals surface area contributed by atoms with Crippen LogP contribution < -0.4 is 5.32 Å². The third kappa shape index (κ3) is 62.8. The van der Waals surface area contributed by atoms with Gasteiger partial charge in [0.15, 0.2) is 0 Å². The van der Waals surface area contributed by atoms with Crippen LogP contribution in [0.15, 0.2) is 60.8 Å². The second-order valence-electron chi connectivity index (χ2n) is 23.5. The average Bonchev–Trinajstić information content (AvgIpc) is 3.44. The van der Waals surface area contributed by atoms with E-state index in [0.29, 0.717) is 19.4 Å². The Morgan fingerprint density at radius 2 is 0.641 bits per heavy atom. The van der Waals surface area contributed by atoms with Crippen LogP contribution in [0.25, 0.3) is 0 Å². The summed E-state index contributed by atoms with van der Waals surface area (Å²) in [7, 11) is 0. The molecule has 0 fully saturated rings. The first-order valence-corrected chi connectivity index (χ1v) is 34.6. The van der Waals surface area contributed by atoms with Crippen LogP contribution in [0.4, 0.5) is 0 Å². The number of amides is 1. The summed E-state index contributed by atoms with van der Waals surface area (Å²) in [6, 6.07) is -0.625. The molecule has 0 spiro atoms. The Bertz CT molecular complexity index is 1350. The largest absolute Gasteiger partial charge is 0.466 e. The highest BCUT2D eigenvalue weighted by Crippen LogP contribution is 2.17. The lowest BCUT2D eigenvalue weighted by Crippen LogP contribution is -2.45. The van der Waals surface area contributed by atoms with Crippen molar-refractivity contribution >= 4 is 11.9 Å². The van der Waals surface area contributed by atoms with Gasteiger partial charge in [-0.05, 0) is 96.3 Å². The van der Waals surface area contributed by atoms with Crippen LogP contribution in [0.3, 0.4) is 0 Å². The van der Waals surface area contributed by atoms with Crippen molar-refractivity contribution in [1.82, 2.24) is 5.32 Å². The van der Waals surface area contributed by atoms with Crippen LogP contribution >= 0.6 is 0 Å². The van der Waals surface area contributed by atoms with Gasteiger partial charge >= 0.3 is 5.97 Å². The molecule has 0 aromatic carbocycles. The molecule has 0 aliphatic rings. The van der Waals surface area contributed by atoms with Crippen molar-refractivity contribution in [3.8, 4) is 0 Å². The van der Waals surface area contributed by atoms with E-state index in [2.05, 4.69) is 67.8 Å². The van der Waals surface area contributed by atoms with E-state index in [0.717, 1.165) is 57.8 Å². The summed E-state index contributed by atoms with van der Waals surface area (Å²) in [5.74, 6) is -0.0586. The van der Waals surface area contributed by atoms with Crippen LogP contribution in [-0.2, 0) is 14.3 Å². The number of hydrogen-bond acceptors (Lipinski definition) is 5. The number of aliphatic hydroxyl groups excluding tert-OH is 2. The summed E-state index contributed by atoms with van der Waals surface area (Å²) in [6.07, 6.45) is 88.8. The molecule has 0 aromatic heterocycles. The summed E-state index contributed by atoms with van der Waals surface area (Å²) >= 11 is 0. The van der Waals surface area contributed by atoms with E-state index in [1.165, 1.54) is 276 Å². The van der Waals surface area contributed by atoms with Crippen LogP contribution in [0, 0.1) is 0 Å². The molecule has 456 valence electrons. The summed E-state index contributed by atoms with van der Waals surface area (Å²) in [4.78, 5) is 24.5. The van der Waals surface area contributed by atoms with Gasteiger partial charge in [0.2, 0.25) is 5.91 Å². The molecule has 0 heterocycles. The Balaban J connectivity index is 3.36. The highest BCUT2D eigenvalue weighted by Gasteiger charge is 2.18. The second-order valence-corrected chi connectivity index (χ2v) is 23.5. The minimum Gasteiger partial charge on any atom is -0.466 e. The Morgan fingerprint density at radius 3 is 1.00 bits per heavy atom. The van der Waals surface area contributed by atoms with Gasteiger partial charge < -0.3 is 20.3 Å². The van der Waals surface area contributed by atoms with Crippen LogP contribution in [0.5, 0.6) is 0 Å². The lowest BCUT2D eigenvalue weighted by atomic mass is 10.0. The molecule has 2 atom stereocenters. The molecule has 6 nitrogen and oxygen atoms in total. The zero-order valence-corrected chi connectivity index (χ0v) is 52.1. The van der Waals surface area contributed by atoms with Gasteiger partial charge in [0.05, 0.1) is 25.4 Å². The van der Waals surface area contributed by atoms with E-state index >= 15 is 0 Å². The second kappa shape index (κ2) is 67.1. The molecule has 2 unspecified atom stereocenters. The van der Waals surface area contributed by atoms with Crippen molar-refractivity contribution in [3.63, 3.8) is 0 Å². The maximum atomic E-state index is 12.4. The number of carbonyl (C=O) groups excluding carboxylic acids is 2. The van der Waals surface area contributed by atoms with Gasteiger partial charge in [-0.2, -0.15) is 0 Å². The van der Waals surface area contributed by atoms with E-state index in [-0.39, 0.29) is 18.5 Å². The molecule has 0 aliphatic heterocycles. The molecule has 1 amide bonds. The monoisotopic (exact) mass is 1090 g/mol. The Labute approximate surface area is 486 Å². The van der Waals surface area contributed by atoms with Gasteiger partial charge in [0.25, 0.3) is 0 Å². The minimum atomic E-state index is -0.841. The summed E-state index contributed by atoms with van der Waals surface area (Å²) in [5.41, 5.74) is 0. The quantitative estimate of drug-likeness (QED) is 0.0320. The number of nitrogens with one attached hydrogen (secondary N) is 1. The van der Waals surface area contributed by atoms with Crippen molar-refractivity contribution in [3.05, 3.63) is 60.8 Å². The molecule has 0 radical (unpaired) electrons. The average molecular weight is 1090 g/mol. The number of rotatable bonds is 64. The van der Waals surface area contributed by atoms with Gasteiger partial charge in [0, 0.05) is 12.8 Å². The summed E-state index contributed by atoms with van der Waals surface area (Å²) in [5, 5.41) is 23.0. The Hall–Kier alpha value is -2.44. The van der Waals surface area contributed by atoms with Crippen LogP contribution in [0.2, 0.25) is 0 Å². The molecular weight excluding hydrogens is 959 g/mol. The first-order valence-electron chi connectivity index (χ1n) is 34.6. The van der Waals surface area contributed by atoms with Crippen molar-refractivity contribution < 1.29 is 24.5 Å². The third-order valence-electron chi connectivity index (χ3n) is 15.8. The number of ether oxygens (including phenoxy) is 1. The van der Waals surface area contributed by atoms with Crippen molar-refractivity contribution in [1.29, 1.82) is 0 Å². The maximum Gasteiger partial charge on any atom is 0.305 e. The molecular formula is C72H133NO5. The molecule has 0 aliphatic carbocycles. The van der Waals surface area contributed by atoms with Crippen molar-refractivity contribution in [2.75, 3.05) is 13.2 Å². The molecule has 0 bridgehead atoms. The maximum absolute atomic E-state index is 12.4. The summed E-state index contributed by atoms with van der Waals surface area (Å²) in [6.45, 7) is 4.86. The van der Waals surface area contributed by atoms with E-state index in [1.807, 2.05) is 6.08 Å². The number of aliphatic hydroxyl groups is 2. The molecule has 78 heavy (non-hydrogen) atoms. The summed E-state index contributed by atoms with van der Waals surface area (Å²) < 4.78 is 5.50. The molecule has 0 saturated carbocycles. The lowest BCUT2D eigenvalue weighted by Gasteiger charge is -2.20. The number of unbranched alkanes of at least 4 members (excludes halogenated alkanes) is 45. The van der Waals surface area contributed by atoms with E-state index < -0.39 is 12.1 Å². The zero-order valence-electron chi connectivity index (χ0n) is 52.1.